The van der Waals surface area contributed by atoms with Crippen LogP contribution in [0.4, 0.5) is 5.69 Å². The second kappa shape index (κ2) is 5.78. The van der Waals surface area contributed by atoms with Gasteiger partial charge < -0.3 is 5.32 Å². The minimum atomic E-state index is -0.171. The minimum absolute atomic E-state index is 0.171. The van der Waals surface area contributed by atoms with Gasteiger partial charge in [0.2, 0.25) is 0 Å². The average molecular weight is 311 g/mol. The molecule has 4 heteroatoms. The van der Waals surface area contributed by atoms with E-state index in [4.69, 9.17) is 11.6 Å². The molecule has 0 fully saturated rings. The molecule has 0 radical (unpaired) electrons. The van der Waals surface area contributed by atoms with E-state index in [0.29, 0.717) is 16.3 Å². The van der Waals surface area contributed by atoms with E-state index in [1.54, 1.807) is 18.2 Å². The Morgan fingerprint density at radius 1 is 1.09 bits per heavy atom. The van der Waals surface area contributed by atoms with Crippen molar-refractivity contribution < 1.29 is 4.79 Å². The number of aryl methyl sites for hydroxylation is 2. The van der Waals surface area contributed by atoms with Gasteiger partial charge in [0.05, 0.1) is 16.8 Å². The van der Waals surface area contributed by atoms with E-state index in [-0.39, 0.29) is 5.91 Å². The number of hydrogen-bond acceptors (Lipinski definition) is 2. The predicted molar refractivity (Wildman–Crippen MR) is 90.6 cm³/mol. The summed E-state index contributed by atoms with van der Waals surface area (Å²) in [6.45, 7) is 3.80. The van der Waals surface area contributed by atoms with Crippen molar-refractivity contribution in [1.29, 1.82) is 0 Å². The number of nitrogens with one attached hydrogen (secondary N) is 1. The molecule has 0 saturated carbocycles. The van der Waals surface area contributed by atoms with E-state index in [1.807, 2.05) is 44.2 Å². The Morgan fingerprint density at radius 2 is 1.86 bits per heavy atom. The lowest BCUT2D eigenvalue weighted by Crippen LogP contribution is -2.16. The van der Waals surface area contributed by atoms with Crippen LogP contribution in [0.1, 0.15) is 21.6 Å². The molecule has 1 heterocycles. The molecule has 1 amide bonds. The van der Waals surface area contributed by atoms with Gasteiger partial charge in [0, 0.05) is 16.1 Å². The predicted octanol–water partition coefficient (Wildman–Crippen LogP) is 4.76. The van der Waals surface area contributed by atoms with E-state index < -0.39 is 0 Å². The third-order valence-corrected chi connectivity index (χ3v) is 3.88. The number of carbonyl (C=O) groups is 1. The summed E-state index contributed by atoms with van der Waals surface area (Å²) in [6.07, 6.45) is 0. The number of pyridine rings is 1. The monoisotopic (exact) mass is 310 g/mol. The van der Waals surface area contributed by atoms with E-state index >= 15 is 0 Å². The summed E-state index contributed by atoms with van der Waals surface area (Å²) in [5, 5.41) is 4.46. The molecule has 0 spiro atoms. The van der Waals surface area contributed by atoms with Gasteiger partial charge in [0.25, 0.3) is 5.91 Å². The lowest BCUT2D eigenvalue weighted by Gasteiger charge is -2.12. The number of benzene rings is 2. The maximum atomic E-state index is 12.6. The summed E-state index contributed by atoms with van der Waals surface area (Å²) < 4.78 is 0. The van der Waals surface area contributed by atoms with Gasteiger partial charge in [-0.05, 0) is 43.7 Å². The van der Waals surface area contributed by atoms with Crippen molar-refractivity contribution in [3.8, 4) is 0 Å². The molecule has 0 aliphatic carbocycles. The Balaban J connectivity index is 2.04. The van der Waals surface area contributed by atoms with Crippen LogP contribution < -0.4 is 5.32 Å². The van der Waals surface area contributed by atoms with Crippen molar-refractivity contribution in [3.05, 3.63) is 70.4 Å². The van der Waals surface area contributed by atoms with Gasteiger partial charge in [0.1, 0.15) is 0 Å². The van der Waals surface area contributed by atoms with Gasteiger partial charge in [-0.15, -0.1) is 0 Å². The topological polar surface area (TPSA) is 42.0 Å². The molecule has 22 heavy (non-hydrogen) atoms. The summed E-state index contributed by atoms with van der Waals surface area (Å²) in [6, 6.07) is 14.9. The molecule has 1 N–H and O–H groups in total. The van der Waals surface area contributed by atoms with Crippen LogP contribution in [0, 0.1) is 13.8 Å². The van der Waals surface area contributed by atoms with Gasteiger partial charge >= 0.3 is 0 Å². The van der Waals surface area contributed by atoms with Crippen LogP contribution in [0.2, 0.25) is 5.02 Å². The van der Waals surface area contributed by atoms with Crippen LogP contribution >= 0.6 is 11.6 Å². The summed E-state index contributed by atoms with van der Waals surface area (Å²) in [5.74, 6) is -0.171. The van der Waals surface area contributed by atoms with Gasteiger partial charge in [-0.1, -0.05) is 35.9 Å². The molecule has 0 aliphatic heterocycles. The fourth-order valence-corrected chi connectivity index (χ4v) is 2.82. The normalized spacial score (nSPS) is 10.7. The van der Waals surface area contributed by atoms with Crippen molar-refractivity contribution in [1.82, 2.24) is 4.98 Å². The van der Waals surface area contributed by atoms with Crippen molar-refractivity contribution in [2.24, 2.45) is 0 Å². The average Bonchev–Trinajstić information content (AvgIpc) is 2.47. The van der Waals surface area contributed by atoms with Crippen LogP contribution in [0.15, 0.2) is 48.5 Å². The first-order valence-corrected chi connectivity index (χ1v) is 7.37. The number of anilines is 1. The van der Waals surface area contributed by atoms with Gasteiger partial charge in [-0.3, -0.25) is 9.78 Å². The molecule has 2 aromatic carbocycles. The lowest BCUT2D eigenvalue weighted by molar-refractivity contribution is 0.102. The molecule has 1 aromatic heterocycles. The summed E-state index contributed by atoms with van der Waals surface area (Å²) in [7, 11) is 0. The Kier molecular flexibility index (Phi) is 3.82. The van der Waals surface area contributed by atoms with Crippen LogP contribution in [0.5, 0.6) is 0 Å². The second-order valence-electron chi connectivity index (χ2n) is 5.18. The number of carbonyl (C=O) groups excluding carboxylic acids is 1. The number of aromatic nitrogens is 1. The van der Waals surface area contributed by atoms with Crippen LogP contribution in [0.3, 0.4) is 0 Å². The molecule has 0 bridgehead atoms. The van der Waals surface area contributed by atoms with Crippen molar-refractivity contribution in [2.45, 2.75) is 13.8 Å². The number of para-hydroxylation sites is 1. The zero-order valence-electron chi connectivity index (χ0n) is 12.4. The fraction of sp³-hybridized carbons (Fsp3) is 0.111. The van der Waals surface area contributed by atoms with E-state index in [9.17, 15) is 4.79 Å². The SMILES string of the molecule is Cc1nc2ccccc2c(C)c1C(=O)Nc1cccc(Cl)c1. The summed E-state index contributed by atoms with van der Waals surface area (Å²) in [5.41, 5.74) is 3.83. The zero-order chi connectivity index (χ0) is 15.7. The van der Waals surface area contributed by atoms with Gasteiger partial charge in [0.15, 0.2) is 0 Å². The molecule has 0 saturated heterocycles. The molecular formula is C18H15ClN2O. The number of nitrogens with zero attached hydrogens (tertiary/aromatic N) is 1. The molecule has 3 aromatic rings. The highest BCUT2D eigenvalue weighted by atomic mass is 35.5. The van der Waals surface area contributed by atoms with Crippen LogP contribution in [-0.4, -0.2) is 10.9 Å². The number of rotatable bonds is 2. The highest BCUT2D eigenvalue weighted by molar-refractivity contribution is 6.31. The number of amides is 1. The van der Waals surface area contributed by atoms with Crippen molar-refractivity contribution >= 4 is 34.1 Å². The Hall–Kier alpha value is -2.39. The van der Waals surface area contributed by atoms with Crippen molar-refractivity contribution in [2.75, 3.05) is 5.32 Å². The third-order valence-electron chi connectivity index (χ3n) is 3.64. The first-order valence-electron chi connectivity index (χ1n) is 6.99. The zero-order valence-corrected chi connectivity index (χ0v) is 13.1. The number of hydrogen-bond donors (Lipinski definition) is 1. The smallest absolute Gasteiger partial charge is 0.257 e. The Bertz CT molecular complexity index is 874. The maximum Gasteiger partial charge on any atom is 0.257 e. The van der Waals surface area contributed by atoms with Crippen molar-refractivity contribution in [3.63, 3.8) is 0 Å². The third kappa shape index (κ3) is 2.68. The van der Waals surface area contributed by atoms with E-state index in [0.717, 1.165) is 22.2 Å². The highest BCUT2D eigenvalue weighted by Crippen LogP contribution is 2.24. The number of halogens is 1. The second-order valence-corrected chi connectivity index (χ2v) is 5.62. The molecule has 3 rings (SSSR count). The minimum Gasteiger partial charge on any atom is -0.322 e. The van der Waals surface area contributed by atoms with Crippen LogP contribution in [0.25, 0.3) is 10.9 Å². The van der Waals surface area contributed by atoms with Crippen LogP contribution in [-0.2, 0) is 0 Å². The van der Waals surface area contributed by atoms with E-state index in [1.165, 1.54) is 0 Å². The van der Waals surface area contributed by atoms with Gasteiger partial charge in [-0.2, -0.15) is 0 Å². The first kappa shape index (κ1) is 14.5. The molecule has 0 atom stereocenters. The fourth-order valence-electron chi connectivity index (χ4n) is 2.63. The lowest BCUT2D eigenvalue weighted by atomic mass is 10.0. The first-order chi connectivity index (χ1) is 10.6. The quantitative estimate of drug-likeness (QED) is 0.741. The largest absolute Gasteiger partial charge is 0.322 e. The molecule has 0 unspecified atom stereocenters. The molecule has 0 aliphatic rings. The Labute approximate surface area is 133 Å². The summed E-state index contributed by atoms with van der Waals surface area (Å²) in [4.78, 5) is 17.1. The summed E-state index contributed by atoms with van der Waals surface area (Å²) >= 11 is 5.95. The van der Waals surface area contributed by atoms with E-state index in [2.05, 4.69) is 10.3 Å². The standard InChI is InChI=1S/C18H15ClN2O/c1-11-15-8-3-4-9-16(15)20-12(2)17(11)18(22)21-14-7-5-6-13(19)10-14/h3-10H,1-2H3,(H,21,22). The highest BCUT2D eigenvalue weighted by Gasteiger charge is 2.16. The molecule has 3 nitrogen and oxygen atoms in total. The Morgan fingerprint density at radius 3 is 2.64 bits per heavy atom. The van der Waals surface area contributed by atoms with Gasteiger partial charge in [-0.25, -0.2) is 0 Å². The maximum absolute atomic E-state index is 12.6. The molecular weight excluding hydrogens is 296 g/mol. The molecule has 110 valence electrons. The number of fused-ring (bicyclic) bond motifs is 1.